The summed E-state index contributed by atoms with van der Waals surface area (Å²) in [6.07, 6.45) is -0.237. The van der Waals surface area contributed by atoms with Gasteiger partial charge in [-0.25, -0.2) is 0 Å². The Hall–Kier alpha value is -2.28. The summed E-state index contributed by atoms with van der Waals surface area (Å²) in [6.45, 7) is 3.94. The van der Waals surface area contributed by atoms with E-state index in [0.29, 0.717) is 24.8 Å². The van der Waals surface area contributed by atoms with Gasteiger partial charge in [0.05, 0.1) is 5.92 Å². The number of allylic oxidation sites excluding steroid dienone is 1. The number of nitrogens with zero attached hydrogens (tertiary/aromatic N) is 1. The minimum absolute atomic E-state index is 0.130. The molecular weight excluding hydrogens is 359 g/mol. The van der Waals surface area contributed by atoms with Crippen LogP contribution in [0.25, 0.3) is 6.08 Å². The first-order chi connectivity index (χ1) is 12.7. The topological polar surface area (TPSA) is 49.8 Å². The number of rotatable bonds is 6. The summed E-state index contributed by atoms with van der Waals surface area (Å²) in [5, 5.41) is 8.97. The molecule has 0 unspecified atom stereocenters. The fraction of sp³-hybridized carbons (Fsp3) is 0.450. The highest BCUT2D eigenvalue weighted by molar-refractivity contribution is 5.71. The zero-order valence-electron chi connectivity index (χ0n) is 15.0. The van der Waals surface area contributed by atoms with E-state index in [1.165, 1.54) is 5.57 Å². The molecule has 1 aromatic rings. The fourth-order valence-electron chi connectivity index (χ4n) is 3.43. The van der Waals surface area contributed by atoms with E-state index in [1.54, 1.807) is 6.07 Å². The number of carbonyl (C=O) groups is 1. The molecule has 1 aliphatic heterocycles. The number of carboxylic acids is 1. The number of halogens is 3. The van der Waals surface area contributed by atoms with Crippen LogP contribution in [0.15, 0.2) is 35.9 Å². The molecule has 1 aliphatic carbocycles. The lowest BCUT2D eigenvalue weighted by molar-refractivity contribution is -0.147. The first-order valence-corrected chi connectivity index (χ1v) is 8.87. The number of benzene rings is 1. The molecule has 0 bridgehead atoms. The summed E-state index contributed by atoms with van der Waals surface area (Å²) in [7, 11) is 0. The van der Waals surface area contributed by atoms with E-state index in [-0.39, 0.29) is 18.6 Å². The Balaban J connectivity index is 1.60. The molecule has 2 aliphatic rings. The van der Waals surface area contributed by atoms with E-state index in [9.17, 15) is 18.0 Å². The Morgan fingerprint density at radius 3 is 2.78 bits per heavy atom. The zero-order chi connectivity index (χ0) is 19.6. The average molecular weight is 381 g/mol. The fourth-order valence-corrected chi connectivity index (χ4v) is 3.43. The van der Waals surface area contributed by atoms with Gasteiger partial charge in [0.2, 0.25) is 0 Å². The van der Waals surface area contributed by atoms with Crippen molar-refractivity contribution in [1.82, 2.24) is 4.90 Å². The number of hydrogen-bond donors (Lipinski definition) is 1. The number of likely N-dealkylation sites (tertiary alicyclic amines) is 1. The molecule has 27 heavy (non-hydrogen) atoms. The molecule has 0 radical (unpaired) electrons. The van der Waals surface area contributed by atoms with Crippen LogP contribution < -0.4 is 4.74 Å². The molecule has 3 rings (SSSR count). The van der Waals surface area contributed by atoms with Crippen LogP contribution in [0.1, 0.15) is 18.1 Å². The Morgan fingerprint density at radius 1 is 1.37 bits per heavy atom. The molecule has 0 aromatic heterocycles. The van der Waals surface area contributed by atoms with Gasteiger partial charge in [0.15, 0.2) is 0 Å². The molecular formula is C20H22F3NO3. The number of hydrogen-bond acceptors (Lipinski definition) is 3. The number of carboxylic acid groups (broad SMARTS) is 1. The molecule has 1 aromatic carbocycles. The van der Waals surface area contributed by atoms with Gasteiger partial charge in [0.1, 0.15) is 12.4 Å². The van der Waals surface area contributed by atoms with Crippen molar-refractivity contribution in [2.24, 2.45) is 11.8 Å². The van der Waals surface area contributed by atoms with Crippen molar-refractivity contribution in [1.29, 1.82) is 0 Å². The van der Waals surface area contributed by atoms with Gasteiger partial charge in [-0.05, 0) is 41.7 Å². The molecule has 1 N–H and O–H groups in total. The minimum atomic E-state index is -4.32. The lowest BCUT2D eigenvalue weighted by Crippen LogP contribution is -2.51. The lowest BCUT2D eigenvalue weighted by atomic mass is 9.83. The van der Waals surface area contributed by atoms with Crippen molar-refractivity contribution in [3.8, 4) is 5.75 Å². The summed E-state index contributed by atoms with van der Waals surface area (Å²) in [4.78, 5) is 13.0. The Morgan fingerprint density at radius 2 is 2.11 bits per heavy atom. The minimum Gasteiger partial charge on any atom is -0.490 e. The van der Waals surface area contributed by atoms with Gasteiger partial charge in [-0.3, -0.25) is 9.69 Å². The first-order valence-electron chi connectivity index (χ1n) is 8.87. The molecule has 146 valence electrons. The molecule has 1 saturated heterocycles. The summed E-state index contributed by atoms with van der Waals surface area (Å²) >= 11 is 0. The van der Waals surface area contributed by atoms with E-state index in [2.05, 4.69) is 17.9 Å². The molecule has 4 nitrogen and oxygen atoms in total. The predicted molar refractivity (Wildman–Crippen MR) is 95.5 cm³/mol. The standard InChI is InChI=1S/C20H22F3NO3/c1-13-7-15-9-18(27-6-2-5-20(21,22)23)4-3-14(15)8-16(13)10-24-11-17(12-24)19(25)26/h2-5,8-9,13,17H,6-7,10-12H2,1H3,(H,25,26)/b5-2-/t13-/m0/s1. The van der Waals surface area contributed by atoms with Gasteiger partial charge in [0, 0.05) is 25.7 Å². The normalized spacial score (nSPS) is 20.9. The van der Waals surface area contributed by atoms with Crippen LogP contribution in [0.4, 0.5) is 13.2 Å². The van der Waals surface area contributed by atoms with E-state index in [1.807, 2.05) is 12.1 Å². The lowest BCUT2D eigenvalue weighted by Gasteiger charge is -2.38. The molecule has 1 fully saturated rings. The van der Waals surface area contributed by atoms with Gasteiger partial charge in [-0.1, -0.05) is 24.6 Å². The predicted octanol–water partition coefficient (Wildman–Crippen LogP) is 3.78. The summed E-state index contributed by atoms with van der Waals surface area (Å²) < 4.78 is 41.6. The number of fused-ring (bicyclic) bond motifs is 1. The highest BCUT2D eigenvalue weighted by Crippen LogP contribution is 2.32. The van der Waals surface area contributed by atoms with Gasteiger partial charge in [-0.2, -0.15) is 13.2 Å². The smallest absolute Gasteiger partial charge is 0.409 e. The number of aliphatic carboxylic acids is 1. The van der Waals surface area contributed by atoms with Crippen molar-refractivity contribution in [3.05, 3.63) is 47.1 Å². The van der Waals surface area contributed by atoms with Crippen LogP contribution in [0.2, 0.25) is 0 Å². The molecule has 1 atom stereocenters. The third kappa shape index (κ3) is 5.13. The maximum absolute atomic E-state index is 12.1. The van der Waals surface area contributed by atoms with Crippen molar-refractivity contribution < 1.29 is 27.8 Å². The van der Waals surface area contributed by atoms with Gasteiger partial charge in [0.25, 0.3) is 0 Å². The Labute approximate surface area is 155 Å². The Bertz CT molecular complexity index is 764. The molecule has 1 heterocycles. The summed E-state index contributed by atoms with van der Waals surface area (Å²) in [6, 6.07) is 5.55. The van der Waals surface area contributed by atoms with Gasteiger partial charge < -0.3 is 9.84 Å². The van der Waals surface area contributed by atoms with Crippen molar-refractivity contribution in [2.75, 3.05) is 26.2 Å². The second-order valence-electron chi connectivity index (χ2n) is 7.17. The second kappa shape index (κ2) is 7.76. The highest BCUT2D eigenvalue weighted by atomic mass is 19.4. The largest absolute Gasteiger partial charge is 0.490 e. The number of ether oxygens (including phenoxy) is 1. The van der Waals surface area contributed by atoms with Crippen LogP contribution in [-0.4, -0.2) is 48.4 Å². The second-order valence-corrected chi connectivity index (χ2v) is 7.17. The third-order valence-corrected chi connectivity index (χ3v) is 4.98. The maximum Gasteiger partial charge on any atom is 0.409 e. The first kappa shape index (κ1) is 19.5. The van der Waals surface area contributed by atoms with Gasteiger partial charge in [-0.15, -0.1) is 0 Å². The molecule has 0 amide bonds. The monoisotopic (exact) mass is 381 g/mol. The van der Waals surface area contributed by atoms with Crippen molar-refractivity contribution in [3.63, 3.8) is 0 Å². The van der Waals surface area contributed by atoms with E-state index < -0.39 is 12.1 Å². The van der Waals surface area contributed by atoms with Crippen LogP contribution >= 0.6 is 0 Å². The third-order valence-electron chi connectivity index (χ3n) is 4.98. The molecule has 0 saturated carbocycles. The van der Waals surface area contributed by atoms with Gasteiger partial charge >= 0.3 is 12.1 Å². The van der Waals surface area contributed by atoms with E-state index in [0.717, 1.165) is 30.2 Å². The zero-order valence-corrected chi connectivity index (χ0v) is 15.0. The molecule has 0 spiro atoms. The maximum atomic E-state index is 12.1. The Kier molecular flexibility index (Phi) is 5.60. The number of alkyl halides is 3. The van der Waals surface area contributed by atoms with E-state index in [4.69, 9.17) is 9.84 Å². The SMILES string of the molecule is C[C@H]1Cc2cc(OC/C=C\C(F)(F)F)ccc2C=C1CN1CC(C(=O)O)C1. The van der Waals surface area contributed by atoms with Crippen molar-refractivity contribution in [2.45, 2.75) is 19.5 Å². The summed E-state index contributed by atoms with van der Waals surface area (Å²) in [5.74, 6) is -0.124. The van der Waals surface area contributed by atoms with Crippen LogP contribution in [0.5, 0.6) is 5.75 Å². The summed E-state index contributed by atoms with van der Waals surface area (Å²) in [5.41, 5.74) is 3.46. The quantitative estimate of drug-likeness (QED) is 0.762. The average Bonchev–Trinajstić information content (AvgIpc) is 2.53. The van der Waals surface area contributed by atoms with Crippen LogP contribution in [0.3, 0.4) is 0 Å². The molecule has 7 heteroatoms. The van der Waals surface area contributed by atoms with Crippen LogP contribution in [0, 0.1) is 11.8 Å². The van der Waals surface area contributed by atoms with E-state index >= 15 is 0 Å². The van der Waals surface area contributed by atoms with Crippen molar-refractivity contribution >= 4 is 12.0 Å². The highest BCUT2D eigenvalue weighted by Gasteiger charge is 2.33. The van der Waals surface area contributed by atoms with Crippen LogP contribution in [-0.2, 0) is 11.2 Å².